The maximum absolute atomic E-state index is 11.8. The second-order valence-electron chi connectivity index (χ2n) is 4.31. The molecule has 0 fully saturated rings. The maximum atomic E-state index is 11.8. The zero-order valence-corrected chi connectivity index (χ0v) is 13.2. The number of hydrogen-bond acceptors (Lipinski definition) is 7. The van der Waals surface area contributed by atoms with Crippen LogP contribution in [0, 0.1) is 6.92 Å². The third-order valence-electron chi connectivity index (χ3n) is 2.63. The number of nitrogen functional groups attached to an aromatic ring is 1. The van der Waals surface area contributed by atoms with Crippen LogP contribution in [0.3, 0.4) is 0 Å². The Balaban J connectivity index is 1.93. The Bertz CT molecular complexity index is 785. The van der Waals surface area contributed by atoms with E-state index in [1.807, 2.05) is 0 Å². The number of thioether (sulfide) groups is 1. The molecule has 0 aliphatic carbocycles. The average Bonchev–Trinajstić information content (AvgIpc) is 2.76. The van der Waals surface area contributed by atoms with Crippen LogP contribution in [-0.4, -0.2) is 35.0 Å². The number of rotatable bonds is 5. The van der Waals surface area contributed by atoms with Crippen molar-refractivity contribution in [2.45, 2.75) is 17.0 Å². The highest BCUT2D eigenvalue weighted by Gasteiger charge is 2.11. The molecule has 118 valence electrons. The largest absolute Gasteiger partial charge is 0.336 e. The number of nitrogens with one attached hydrogen (secondary N) is 1. The van der Waals surface area contributed by atoms with Crippen LogP contribution in [-0.2, 0) is 14.8 Å². The number of carbonyl (C=O) groups excluding carboxylic acids is 1. The van der Waals surface area contributed by atoms with Crippen molar-refractivity contribution in [2.75, 3.05) is 16.9 Å². The molecule has 9 nitrogen and oxygen atoms in total. The highest BCUT2D eigenvalue weighted by atomic mass is 32.2. The summed E-state index contributed by atoms with van der Waals surface area (Å²) in [6.45, 7) is 1.70. The first-order chi connectivity index (χ1) is 10.3. The minimum atomic E-state index is -3.75. The van der Waals surface area contributed by atoms with E-state index in [0.717, 1.165) is 11.8 Å². The summed E-state index contributed by atoms with van der Waals surface area (Å²) < 4.78 is 23.5. The predicted molar refractivity (Wildman–Crippen MR) is 82.1 cm³/mol. The van der Waals surface area contributed by atoms with E-state index in [0.29, 0.717) is 16.7 Å². The van der Waals surface area contributed by atoms with E-state index in [1.165, 1.54) is 28.9 Å². The van der Waals surface area contributed by atoms with Gasteiger partial charge >= 0.3 is 0 Å². The number of nitrogens with two attached hydrogens (primary N) is 2. The number of aromatic nitrogens is 3. The number of nitrogens with zero attached hydrogens (tertiary/aromatic N) is 3. The molecule has 0 bridgehead atoms. The number of hydrogen-bond donors (Lipinski definition) is 3. The number of primary sulfonamides is 1. The fraction of sp³-hybridized carbons (Fsp3) is 0.182. The molecule has 1 heterocycles. The fourth-order valence-corrected chi connectivity index (χ4v) is 2.72. The monoisotopic (exact) mass is 342 g/mol. The topological polar surface area (TPSA) is 146 Å². The van der Waals surface area contributed by atoms with Gasteiger partial charge in [0.2, 0.25) is 21.1 Å². The molecule has 22 heavy (non-hydrogen) atoms. The normalized spacial score (nSPS) is 11.4. The zero-order chi connectivity index (χ0) is 16.3. The Morgan fingerprint density at radius 3 is 2.45 bits per heavy atom. The summed E-state index contributed by atoms with van der Waals surface area (Å²) >= 11 is 1.14. The number of carbonyl (C=O) groups is 1. The molecule has 11 heteroatoms. The molecule has 0 spiro atoms. The molecule has 2 aromatic rings. The Morgan fingerprint density at radius 1 is 1.32 bits per heavy atom. The van der Waals surface area contributed by atoms with E-state index >= 15 is 0 Å². The van der Waals surface area contributed by atoms with Gasteiger partial charge < -0.3 is 11.2 Å². The van der Waals surface area contributed by atoms with E-state index in [4.69, 9.17) is 11.0 Å². The number of anilines is 1. The SMILES string of the molecule is Cc1nnc(SCC(=O)Nc2ccc(S(N)(=O)=O)cc2)n1N. The van der Waals surface area contributed by atoms with E-state index < -0.39 is 10.0 Å². The minimum absolute atomic E-state index is 0.0217. The van der Waals surface area contributed by atoms with Gasteiger partial charge in [-0.3, -0.25) is 4.79 Å². The zero-order valence-electron chi connectivity index (χ0n) is 11.6. The Hall–Kier alpha value is -2.11. The van der Waals surface area contributed by atoms with Crippen LogP contribution in [0.1, 0.15) is 5.82 Å². The number of sulfonamides is 1. The van der Waals surface area contributed by atoms with Crippen LogP contribution in [0.25, 0.3) is 0 Å². The standard InChI is InChI=1S/C11H14N6O3S2/c1-7-15-16-11(17(7)12)21-6-10(18)14-8-2-4-9(5-3-8)22(13,19)20/h2-5H,6,12H2,1H3,(H,14,18)(H2,13,19,20). The van der Waals surface area contributed by atoms with Crippen LogP contribution in [0.5, 0.6) is 0 Å². The molecular formula is C11H14N6O3S2. The quantitative estimate of drug-likeness (QED) is 0.498. The third-order valence-corrected chi connectivity index (χ3v) is 4.51. The van der Waals surface area contributed by atoms with Crippen molar-refractivity contribution in [3.05, 3.63) is 30.1 Å². The van der Waals surface area contributed by atoms with Crippen LogP contribution >= 0.6 is 11.8 Å². The van der Waals surface area contributed by atoms with Crippen molar-refractivity contribution in [2.24, 2.45) is 5.14 Å². The maximum Gasteiger partial charge on any atom is 0.238 e. The van der Waals surface area contributed by atoms with Crippen LogP contribution in [0.15, 0.2) is 34.3 Å². The van der Waals surface area contributed by atoms with Gasteiger partial charge in [0, 0.05) is 5.69 Å². The van der Waals surface area contributed by atoms with Crippen LogP contribution in [0.4, 0.5) is 5.69 Å². The molecule has 1 aromatic carbocycles. The van der Waals surface area contributed by atoms with E-state index in [-0.39, 0.29) is 16.6 Å². The predicted octanol–water partition coefficient (Wildman–Crippen LogP) is -0.321. The average molecular weight is 342 g/mol. The lowest BCUT2D eigenvalue weighted by Gasteiger charge is -2.06. The van der Waals surface area contributed by atoms with E-state index in [2.05, 4.69) is 15.5 Å². The van der Waals surface area contributed by atoms with Gasteiger partial charge in [0.25, 0.3) is 0 Å². The second-order valence-corrected chi connectivity index (χ2v) is 6.81. The van der Waals surface area contributed by atoms with Crippen LogP contribution in [0.2, 0.25) is 0 Å². The summed E-state index contributed by atoms with van der Waals surface area (Å²) in [5.41, 5.74) is 0.461. The summed E-state index contributed by atoms with van der Waals surface area (Å²) in [7, 11) is -3.75. The highest BCUT2D eigenvalue weighted by Crippen LogP contribution is 2.16. The minimum Gasteiger partial charge on any atom is -0.336 e. The molecule has 0 aliphatic rings. The molecule has 0 radical (unpaired) electrons. The van der Waals surface area contributed by atoms with Gasteiger partial charge in [0.1, 0.15) is 5.82 Å². The lowest BCUT2D eigenvalue weighted by molar-refractivity contribution is -0.113. The fourth-order valence-electron chi connectivity index (χ4n) is 1.50. The molecule has 5 N–H and O–H groups in total. The number of aryl methyl sites for hydroxylation is 1. The Labute approximate surface area is 131 Å². The molecular weight excluding hydrogens is 328 g/mol. The lowest BCUT2D eigenvalue weighted by atomic mass is 10.3. The van der Waals surface area contributed by atoms with Crippen LogP contribution < -0.4 is 16.3 Å². The van der Waals surface area contributed by atoms with Gasteiger partial charge in [-0.15, -0.1) is 10.2 Å². The van der Waals surface area contributed by atoms with Gasteiger partial charge in [0.15, 0.2) is 0 Å². The summed E-state index contributed by atoms with van der Waals surface area (Å²) in [4.78, 5) is 11.8. The number of amides is 1. The van der Waals surface area contributed by atoms with Crippen molar-refractivity contribution in [3.63, 3.8) is 0 Å². The summed E-state index contributed by atoms with van der Waals surface area (Å²) in [6, 6.07) is 5.55. The van der Waals surface area contributed by atoms with Crippen molar-refractivity contribution < 1.29 is 13.2 Å². The lowest BCUT2D eigenvalue weighted by Crippen LogP contribution is -2.17. The molecule has 2 rings (SSSR count). The molecule has 0 saturated heterocycles. The van der Waals surface area contributed by atoms with Crippen molar-refractivity contribution in [1.29, 1.82) is 0 Å². The molecule has 0 unspecified atom stereocenters. The first-order valence-electron chi connectivity index (χ1n) is 6.00. The van der Waals surface area contributed by atoms with E-state index in [1.54, 1.807) is 6.92 Å². The van der Waals surface area contributed by atoms with E-state index in [9.17, 15) is 13.2 Å². The van der Waals surface area contributed by atoms with Gasteiger partial charge in [-0.1, -0.05) is 11.8 Å². The van der Waals surface area contributed by atoms with Gasteiger partial charge in [-0.05, 0) is 31.2 Å². The number of benzene rings is 1. The highest BCUT2D eigenvalue weighted by molar-refractivity contribution is 7.99. The Kier molecular flexibility index (Phi) is 4.68. The van der Waals surface area contributed by atoms with Crippen molar-refractivity contribution in [1.82, 2.24) is 14.9 Å². The first kappa shape index (κ1) is 16.3. The van der Waals surface area contributed by atoms with Gasteiger partial charge in [-0.25, -0.2) is 18.2 Å². The summed E-state index contributed by atoms with van der Waals surface area (Å²) in [5, 5.41) is 15.6. The van der Waals surface area contributed by atoms with Gasteiger partial charge in [-0.2, -0.15) is 0 Å². The first-order valence-corrected chi connectivity index (χ1v) is 8.53. The summed E-state index contributed by atoms with van der Waals surface area (Å²) in [6.07, 6.45) is 0. The van der Waals surface area contributed by atoms with Crippen molar-refractivity contribution >= 4 is 33.4 Å². The molecule has 0 atom stereocenters. The molecule has 0 saturated carbocycles. The third kappa shape index (κ3) is 3.96. The summed E-state index contributed by atoms with van der Waals surface area (Å²) in [5.74, 6) is 6.02. The van der Waals surface area contributed by atoms with Crippen molar-refractivity contribution in [3.8, 4) is 0 Å². The smallest absolute Gasteiger partial charge is 0.238 e. The molecule has 1 amide bonds. The molecule has 1 aromatic heterocycles. The Morgan fingerprint density at radius 2 is 1.95 bits per heavy atom. The second kappa shape index (κ2) is 6.34. The molecule has 0 aliphatic heterocycles. The van der Waals surface area contributed by atoms with Gasteiger partial charge in [0.05, 0.1) is 10.6 Å².